The summed E-state index contributed by atoms with van der Waals surface area (Å²) in [7, 11) is 0. The Labute approximate surface area is 151 Å². The van der Waals surface area contributed by atoms with Gasteiger partial charge in [0.05, 0.1) is 29.5 Å². The number of hydrogen-bond acceptors (Lipinski definition) is 6. The van der Waals surface area contributed by atoms with Crippen LogP contribution in [0.25, 0.3) is 0 Å². The first-order valence-corrected chi connectivity index (χ1v) is 9.63. The van der Waals surface area contributed by atoms with Gasteiger partial charge in [0.15, 0.2) is 5.60 Å². The summed E-state index contributed by atoms with van der Waals surface area (Å²) in [5.74, 6) is -0.113. The zero-order valence-corrected chi connectivity index (χ0v) is 14.7. The van der Waals surface area contributed by atoms with E-state index in [1.807, 2.05) is 6.07 Å². The van der Waals surface area contributed by atoms with Gasteiger partial charge in [-0.15, -0.1) is 0 Å². The molecule has 2 saturated carbocycles. The zero-order chi connectivity index (χ0) is 17.7. The molecule has 6 nitrogen and oxygen atoms in total. The van der Waals surface area contributed by atoms with Gasteiger partial charge in [-0.25, -0.2) is 4.79 Å². The maximum atomic E-state index is 13.3. The quantitative estimate of drug-likeness (QED) is 0.719. The Morgan fingerprint density at radius 1 is 1.23 bits per heavy atom. The lowest BCUT2D eigenvalue weighted by atomic mass is 9.39. The number of esters is 2. The SMILES string of the molecule is CC1CC2OC34CCCC(C15CC(c1ccoc1)OC5=O)C23COC4=O. The molecule has 0 radical (unpaired) electrons. The van der Waals surface area contributed by atoms with E-state index in [2.05, 4.69) is 6.92 Å². The molecule has 5 fully saturated rings. The summed E-state index contributed by atoms with van der Waals surface area (Å²) in [6, 6.07) is 1.87. The smallest absolute Gasteiger partial charge is 0.339 e. The van der Waals surface area contributed by atoms with Crippen molar-refractivity contribution in [2.75, 3.05) is 6.61 Å². The Morgan fingerprint density at radius 2 is 2.12 bits per heavy atom. The Morgan fingerprint density at radius 3 is 2.92 bits per heavy atom. The van der Waals surface area contributed by atoms with Crippen LogP contribution in [-0.4, -0.2) is 30.3 Å². The summed E-state index contributed by atoms with van der Waals surface area (Å²) in [6.07, 6.45) is 6.96. The van der Waals surface area contributed by atoms with Crippen molar-refractivity contribution in [1.29, 1.82) is 0 Å². The number of furan rings is 1. The molecule has 3 aliphatic heterocycles. The van der Waals surface area contributed by atoms with Gasteiger partial charge in [0.1, 0.15) is 12.7 Å². The van der Waals surface area contributed by atoms with Crippen molar-refractivity contribution in [2.24, 2.45) is 22.7 Å². The van der Waals surface area contributed by atoms with E-state index >= 15 is 0 Å². The third kappa shape index (κ3) is 1.37. The Balaban J connectivity index is 1.47. The lowest BCUT2D eigenvalue weighted by Gasteiger charge is -2.69. The molecule has 7 atom stereocenters. The molecular weight excluding hydrogens is 336 g/mol. The Bertz CT molecular complexity index is 801. The van der Waals surface area contributed by atoms with E-state index in [1.165, 1.54) is 0 Å². The molecule has 0 amide bonds. The lowest BCUT2D eigenvalue weighted by molar-refractivity contribution is -0.356. The first kappa shape index (κ1) is 15.3. The number of ether oxygens (including phenoxy) is 3. The topological polar surface area (TPSA) is 75.0 Å². The van der Waals surface area contributed by atoms with E-state index in [0.717, 1.165) is 24.8 Å². The van der Waals surface area contributed by atoms with E-state index in [1.54, 1.807) is 12.5 Å². The number of rotatable bonds is 1. The number of carbonyl (C=O) groups excluding carboxylic acids is 2. The van der Waals surface area contributed by atoms with Crippen LogP contribution in [0.4, 0.5) is 0 Å². The number of cyclic esters (lactones) is 2. The van der Waals surface area contributed by atoms with E-state index in [0.29, 0.717) is 19.4 Å². The summed E-state index contributed by atoms with van der Waals surface area (Å²) < 4.78 is 22.8. The van der Waals surface area contributed by atoms with Gasteiger partial charge in [0.25, 0.3) is 0 Å². The summed E-state index contributed by atoms with van der Waals surface area (Å²) in [5, 5.41) is 0. The first-order valence-electron chi connectivity index (χ1n) is 9.63. The van der Waals surface area contributed by atoms with Crippen molar-refractivity contribution in [1.82, 2.24) is 0 Å². The standard InChI is InChI=1S/C20H22O6/c1-11-7-15-19-10-24-17(22)20(19,26-15)5-2-3-14(19)18(11)8-13(25-16(18)21)12-4-6-23-9-12/h4,6,9,11,13-15H,2-3,5,7-8,10H2,1H3. The molecule has 2 aliphatic carbocycles. The van der Waals surface area contributed by atoms with Crippen molar-refractivity contribution in [3.8, 4) is 0 Å². The fourth-order valence-corrected chi connectivity index (χ4v) is 7.07. The van der Waals surface area contributed by atoms with Crippen LogP contribution in [0.3, 0.4) is 0 Å². The highest BCUT2D eigenvalue weighted by Gasteiger charge is 2.85. The molecule has 26 heavy (non-hydrogen) atoms. The Kier molecular flexibility index (Phi) is 2.66. The fourth-order valence-electron chi connectivity index (χ4n) is 7.07. The van der Waals surface area contributed by atoms with Gasteiger partial charge in [0.2, 0.25) is 0 Å². The summed E-state index contributed by atoms with van der Waals surface area (Å²) >= 11 is 0. The van der Waals surface area contributed by atoms with Gasteiger partial charge in [-0.05, 0) is 43.6 Å². The average Bonchev–Trinajstić information content (AvgIpc) is 3.29. The van der Waals surface area contributed by atoms with E-state index in [-0.39, 0.29) is 41.4 Å². The molecule has 3 saturated heterocycles. The molecule has 1 aromatic heterocycles. The molecule has 0 bridgehead atoms. The number of carbonyl (C=O) groups is 2. The molecule has 7 unspecified atom stereocenters. The van der Waals surface area contributed by atoms with Crippen molar-refractivity contribution in [2.45, 2.75) is 56.8 Å². The molecule has 6 heteroatoms. The van der Waals surface area contributed by atoms with Gasteiger partial charge in [0, 0.05) is 12.0 Å². The van der Waals surface area contributed by atoms with Crippen molar-refractivity contribution < 1.29 is 28.2 Å². The molecule has 6 rings (SSSR count). The minimum Gasteiger partial charge on any atom is -0.472 e. The predicted octanol–water partition coefficient (Wildman–Crippen LogP) is 2.77. The molecule has 4 heterocycles. The van der Waals surface area contributed by atoms with Crippen LogP contribution in [0.15, 0.2) is 23.0 Å². The van der Waals surface area contributed by atoms with Gasteiger partial charge in [-0.1, -0.05) is 6.92 Å². The number of hydrogen-bond donors (Lipinski definition) is 0. The first-order chi connectivity index (χ1) is 12.5. The highest BCUT2D eigenvalue weighted by molar-refractivity contribution is 5.87. The van der Waals surface area contributed by atoms with Crippen molar-refractivity contribution >= 4 is 11.9 Å². The maximum Gasteiger partial charge on any atom is 0.339 e. The van der Waals surface area contributed by atoms with Crippen LogP contribution in [0.2, 0.25) is 0 Å². The second-order valence-corrected chi connectivity index (χ2v) is 8.83. The van der Waals surface area contributed by atoms with Crippen LogP contribution in [0.5, 0.6) is 0 Å². The van der Waals surface area contributed by atoms with Crippen LogP contribution in [-0.2, 0) is 23.8 Å². The summed E-state index contributed by atoms with van der Waals surface area (Å²) in [5.41, 5.74) is -0.823. The lowest BCUT2D eigenvalue weighted by Crippen LogP contribution is -2.79. The predicted molar refractivity (Wildman–Crippen MR) is 86.7 cm³/mol. The largest absolute Gasteiger partial charge is 0.472 e. The van der Waals surface area contributed by atoms with Crippen molar-refractivity contribution in [3.05, 3.63) is 24.2 Å². The molecule has 5 aliphatic rings. The molecule has 0 aromatic carbocycles. The van der Waals surface area contributed by atoms with Crippen LogP contribution in [0, 0.1) is 22.7 Å². The van der Waals surface area contributed by atoms with Gasteiger partial charge in [-0.3, -0.25) is 4.79 Å². The maximum absolute atomic E-state index is 13.3. The van der Waals surface area contributed by atoms with Gasteiger partial charge in [-0.2, -0.15) is 0 Å². The second-order valence-electron chi connectivity index (χ2n) is 8.83. The Hall–Kier alpha value is -1.82. The fraction of sp³-hybridized carbons (Fsp3) is 0.700. The van der Waals surface area contributed by atoms with Crippen LogP contribution >= 0.6 is 0 Å². The van der Waals surface area contributed by atoms with E-state index in [9.17, 15) is 9.59 Å². The average molecular weight is 358 g/mol. The third-order valence-corrected chi connectivity index (χ3v) is 8.22. The summed E-state index contributed by atoms with van der Waals surface area (Å²) in [4.78, 5) is 25.8. The number of fused-ring (bicyclic) bond motifs is 1. The molecule has 2 spiro atoms. The van der Waals surface area contributed by atoms with Gasteiger partial charge >= 0.3 is 11.9 Å². The van der Waals surface area contributed by atoms with E-state index in [4.69, 9.17) is 18.6 Å². The normalized spacial score (nSPS) is 51.4. The highest BCUT2D eigenvalue weighted by Crippen LogP contribution is 2.75. The minimum atomic E-state index is -0.818. The van der Waals surface area contributed by atoms with E-state index < -0.39 is 11.0 Å². The van der Waals surface area contributed by atoms with Crippen LogP contribution in [0.1, 0.15) is 50.7 Å². The van der Waals surface area contributed by atoms with Gasteiger partial charge < -0.3 is 18.6 Å². The molecular formula is C20H22O6. The molecule has 1 aromatic rings. The monoisotopic (exact) mass is 358 g/mol. The third-order valence-electron chi connectivity index (χ3n) is 8.22. The van der Waals surface area contributed by atoms with Crippen molar-refractivity contribution in [3.63, 3.8) is 0 Å². The molecule has 0 N–H and O–H groups in total. The van der Waals surface area contributed by atoms with Crippen LogP contribution < -0.4 is 0 Å². The molecule has 138 valence electrons. The highest BCUT2D eigenvalue weighted by atomic mass is 16.6. The second kappa shape index (κ2) is 4.53. The minimum absolute atomic E-state index is 0.0145. The summed E-state index contributed by atoms with van der Waals surface area (Å²) in [6.45, 7) is 2.53. The zero-order valence-electron chi connectivity index (χ0n) is 14.7.